The van der Waals surface area contributed by atoms with E-state index in [0.717, 1.165) is 12.8 Å². The van der Waals surface area contributed by atoms with Gasteiger partial charge >= 0.3 is 0 Å². The first-order valence-corrected chi connectivity index (χ1v) is 4.09. The number of alkyl halides is 1. The van der Waals surface area contributed by atoms with Gasteiger partial charge in [0.25, 0.3) is 0 Å². The highest BCUT2D eigenvalue weighted by molar-refractivity contribution is 5.85. The van der Waals surface area contributed by atoms with Gasteiger partial charge in [0.2, 0.25) is 0 Å². The molecule has 3 heteroatoms. The number of hydrogen-bond acceptors (Lipinski definition) is 1. The molecule has 0 amide bonds. The monoisotopic (exact) mass is 181 g/mol. The smallest absolute Gasteiger partial charge is 0.0962 e. The minimum absolute atomic E-state index is 0. The summed E-state index contributed by atoms with van der Waals surface area (Å²) in [4.78, 5) is 0. The van der Waals surface area contributed by atoms with Gasteiger partial charge in [-0.05, 0) is 12.8 Å². The van der Waals surface area contributed by atoms with Gasteiger partial charge in [0, 0.05) is 12.0 Å². The quantitative estimate of drug-likeness (QED) is 0.695. The number of halogens is 2. The molecule has 1 aliphatic carbocycles. The van der Waals surface area contributed by atoms with E-state index < -0.39 is 0 Å². The Morgan fingerprint density at radius 1 is 1.18 bits per heavy atom. The summed E-state index contributed by atoms with van der Waals surface area (Å²) in [5, 5.41) is 0. The Labute approximate surface area is 73.9 Å². The van der Waals surface area contributed by atoms with Crippen LogP contribution in [-0.4, -0.2) is 13.2 Å². The molecule has 2 N–H and O–H groups in total. The van der Waals surface area contributed by atoms with E-state index in [2.05, 4.69) is 0 Å². The van der Waals surface area contributed by atoms with Crippen molar-refractivity contribution in [2.24, 2.45) is 11.1 Å². The molecule has 0 radical (unpaired) electrons. The van der Waals surface area contributed by atoms with E-state index >= 15 is 0 Å². The van der Waals surface area contributed by atoms with Crippen LogP contribution < -0.4 is 5.73 Å². The third-order valence-corrected chi connectivity index (χ3v) is 2.63. The lowest BCUT2D eigenvalue weighted by molar-refractivity contribution is 0.147. The molecule has 1 saturated carbocycles. The Morgan fingerprint density at radius 3 is 2.00 bits per heavy atom. The van der Waals surface area contributed by atoms with Crippen LogP contribution in [-0.2, 0) is 0 Å². The van der Waals surface area contributed by atoms with Crippen molar-refractivity contribution in [2.45, 2.75) is 32.1 Å². The summed E-state index contributed by atoms with van der Waals surface area (Å²) < 4.78 is 12.5. The summed E-state index contributed by atoms with van der Waals surface area (Å²) in [5.74, 6) is 0. The fourth-order valence-electron chi connectivity index (χ4n) is 1.69. The van der Waals surface area contributed by atoms with Crippen molar-refractivity contribution >= 4 is 12.4 Å². The number of rotatable bonds is 2. The van der Waals surface area contributed by atoms with E-state index in [9.17, 15) is 4.39 Å². The SMILES string of the molecule is Cl.NCC1(CF)CCCCC1. The third kappa shape index (κ3) is 2.60. The number of nitrogens with two attached hydrogens (primary N) is 1. The third-order valence-electron chi connectivity index (χ3n) is 2.63. The van der Waals surface area contributed by atoms with Crippen LogP contribution in [0.4, 0.5) is 4.39 Å². The first-order chi connectivity index (χ1) is 4.83. The maximum atomic E-state index is 12.5. The Kier molecular flexibility index (Phi) is 5.02. The average Bonchev–Trinajstić information content (AvgIpc) is 2.06. The van der Waals surface area contributed by atoms with Crippen LogP contribution in [0, 0.1) is 5.41 Å². The maximum absolute atomic E-state index is 12.5. The molecule has 1 fully saturated rings. The Balaban J connectivity index is 0.000001000. The molecule has 1 aliphatic rings. The number of hydrogen-bond donors (Lipinski definition) is 1. The highest BCUT2D eigenvalue weighted by atomic mass is 35.5. The van der Waals surface area contributed by atoms with E-state index in [-0.39, 0.29) is 24.5 Å². The zero-order chi connectivity index (χ0) is 7.45. The molecule has 0 unspecified atom stereocenters. The van der Waals surface area contributed by atoms with Gasteiger partial charge < -0.3 is 5.73 Å². The van der Waals surface area contributed by atoms with Crippen LogP contribution in [0.2, 0.25) is 0 Å². The zero-order valence-electron chi connectivity index (χ0n) is 6.81. The largest absolute Gasteiger partial charge is 0.330 e. The van der Waals surface area contributed by atoms with Gasteiger partial charge in [-0.2, -0.15) is 0 Å². The lowest BCUT2D eigenvalue weighted by Gasteiger charge is -2.33. The average molecular weight is 182 g/mol. The second-order valence-electron chi connectivity index (χ2n) is 3.40. The van der Waals surface area contributed by atoms with Crippen LogP contribution in [0.3, 0.4) is 0 Å². The molecule has 0 bridgehead atoms. The topological polar surface area (TPSA) is 26.0 Å². The molecule has 0 heterocycles. The standard InChI is InChI=1S/C8H16FN.ClH/c9-6-8(7-10)4-2-1-3-5-8;/h1-7,10H2;1H. The van der Waals surface area contributed by atoms with Crippen molar-refractivity contribution in [1.82, 2.24) is 0 Å². The van der Waals surface area contributed by atoms with E-state index in [4.69, 9.17) is 5.73 Å². The predicted molar refractivity (Wildman–Crippen MR) is 47.8 cm³/mol. The van der Waals surface area contributed by atoms with Crippen molar-refractivity contribution in [2.75, 3.05) is 13.2 Å². The van der Waals surface area contributed by atoms with Gasteiger partial charge in [-0.25, -0.2) is 0 Å². The van der Waals surface area contributed by atoms with E-state index in [1.165, 1.54) is 19.3 Å². The first-order valence-electron chi connectivity index (χ1n) is 4.09. The fourth-order valence-corrected chi connectivity index (χ4v) is 1.69. The van der Waals surface area contributed by atoms with Crippen LogP contribution in [0.15, 0.2) is 0 Å². The van der Waals surface area contributed by atoms with Crippen LogP contribution in [0.25, 0.3) is 0 Å². The Morgan fingerprint density at radius 2 is 1.73 bits per heavy atom. The summed E-state index contributed by atoms with van der Waals surface area (Å²) in [7, 11) is 0. The lowest BCUT2D eigenvalue weighted by atomic mass is 9.75. The van der Waals surface area contributed by atoms with Crippen LogP contribution >= 0.6 is 12.4 Å². The minimum atomic E-state index is -0.219. The van der Waals surface area contributed by atoms with Gasteiger partial charge in [-0.3, -0.25) is 4.39 Å². The first kappa shape index (κ1) is 11.2. The van der Waals surface area contributed by atoms with Crippen molar-refractivity contribution in [1.29, 1.82) is 0 Å². The molecule has 1 nitrogen and oxygen atoms in total. The van der Waals surface area contributed by atoms with Gasteiger partial charge in [0.1, 0.15) is 0 Å². The molecule has 68 valence electrons. The molecule has 0 aromatic carbocycles. The van der Waals surface area contributed by atoms with Crippen molar-refractivity contribution in [3.8, 4) is 0 Å². The van der Waals surface area contributed by atoms with Gasteiger partial charge in [0.05, 0.1) is 6.67 Å². The molecule has 0 saturated heterocycles. The molecule has 11 heavy (non-hydrogen) atoms. The van der Waals surface area contributed by atoms with Crippen LogP contribution in [0.5, 0.6) is 0 Å². The summed E-state index contributed by atoms with van der Waals surface area (Å²) in [6, 6.07) is 0. The molecule has 0 atom stereocenters. The summed E-state index contributed by atoms with van der Waals surface area (Å²) in [5.41, 5.74) is 5.38. The molecular formula is C8H17ClFN. The Hall–Kier alpha value is 0.180. The van der Waals surface area contributed by atoms with Gasteiger partial charge in [0.15, 0.2) is 0 Å². The van der Waals surface area contributed by atoms with E-state index in [1.54, 1.807) is 0 Å². The molecule has 0 aliphatic heterocycles. The summed E-state index contributed by atoms with van der Waals surface area (Å²) >= 11 is 0. The fraction of sp³-hybridized carbons (Fsp3) is 1.00. The van der Waals surface area contributed by atoms with Crippen molar-refractivity contribution in [3.05, 3.63) is 0 Å². The summed E-state index contributed by atoms with van der Waals surface area (Å²) in [6.07, 6.45) is 5.60. The zero-order valence-corrected chi connectivity index (χ0v) is 7.63. The van der Waals surface area contributed by atoms with Crippen molar-refractivity contribution < 1.29 is 4.39 Å². The molecule has 1 rings (SSSR count). The second-order valence-corrected chi connectivity index (χ2v) is 3.40. The van der Waals surface area contributed by atoms with Gasteiger partial charge in [-0.15, -0.1) is 12.4 Å². The minimum Gasteiger partial charge on any atom is -0.330 e. The normalized spacial score (nSPS) is 22.4. The second kappa shape index (κ2) is 4.94. The maximum Gasteiger partial charge on any atom is 0.0962 e. The molecule has 0 aromatic heterocycles. The van der Waals surface area contributed by atoms with E-state index in [1.807, 2.05) is 0 Å². The summed E-state index contributed by atoms with van der Waals surface area (Å²) in [6.45, 7) is 0.312. The highest BCUT2D eigenvalue weighted by Gasteiger charge is 2.30. The van der Waals surface area contributed by atoms with Crippen molar-refractivity contribution in [3.63, 3.8) is 0 Å². The molecule has 0 aromatic rings. The highest BCUT2D eigenvalue weighted by Crippen LogP contribution is 2.35. The van der Waals surface area contributed by atoms with Crippen LogP contribution in [0.1, 0.15) is 32.1 Å². The Bertz CT molecular complexity index is 96.3. The van der Waals surface area contributed by atoms with Gasteiger partial charge in [-0.1, -0.05) is 19.3 Å². The molecular weight excluding hydrogens is 165 g/mol. The predicted octanol–water partition coefficient (Wildman–Crippen LogP) is 2.29. The molecule has 0 spiro atoms. The lowest BCUT2D eigenvalue weighted by Crippen LogP contribution is -2.34. The van der Waals surface area contributed by atoms with E-state index in [0.29, 0.717) is 6.54 Å².